The number of hydrogen-bond acceptors (Lipinski definition) is 5. The Hall–Kier alpha value is -2.52. The number of carbonyl (C=O) groups is 1. The Balaban J connectivity index is 1.63. The Morgan fingerprint density at radius 2 is 1.91 bits per heavy atom. The Kier molecular flexibility index (Phi) is 6.76. The zero-order chi connectivity index (χ0) is 22.7. The van der Waals surface area contributed by atoms with Gasteiger partial charge in [0.25, 0.3) is 5.91 Å². The first-order valence-electron chi connectivity index (χ1n) is 10.1. The number of hydrogen-bond donors (Lipinski definition) is 0. The van der Waals surface area contributed by atoms with Crippen LogP contribution in [0.25, 0.3) is 11.3 Å². The van der Waals surface area contributed by atoms with E-state index in [1.807, 2.05) is 17.5 Å². The van der Waals surface area contributed by atoms with Gasteiger partial charge in [0.1, 0.15) is 0 Å². The van der Waals surface area contributed by atoms with Crippen molar-refractivity contribution in [1.82, 2.24) is 9.29 Å². The van der Waals surface area contributed by atoms with Crippen molar-refractivity contribution in [2.24, 2.45) is 0 Å². The predicted molar refractivity (Wildman–Crippen MR) is 129 cm³/mol. The molecular formula is C23H22ClN3O3S2. The van der Waals surface area contributed by atoms with Crippen LogP contribution in [0.4, 0.5) is 5.13 Å². The second-order valence-corrected chi connectivity index (χ2v) is 10.6. The maximum Gasteiger partial charge on any atom is 0.260 e. The molecular weight excluding hydrogens is 466 g/mol. The molecule has 1 aliphatic rings. The van der Waals surface area contributed by atoms with E-state index in [2.05, 4.69) is 11.6 Å². The van der Waals surface area contributed by atoms with Crippen molar-refractivity contribution in [3.05, 3.63) is 77.2 Å². The van der Waals surface area contributed by atoms with Gasteiger partial charge in [-0.15, -0.1) is 17.9 Å². The molecule has 4 rings (SSSR count). The summed E-state index contributed by atoms with van der Waals surface area (Å²) in [4.78, 5) is 19.6. The van der Waals surface area contributed by atoms with Gasteiger partial charge in [-0.25, -0.2) is 13.4 Å². The van der Waals surface area contributed by atoms with E-state index < -0.39 is 10.0 Å². The van der Waals surface area contributed by atoms with Gasteiger partial charge in [0, 0.05) is 41.2 Å². The van der Waals surface area contributed by atoms with Crippen LogP contribution >= 0.6 is 22.9 Å². The Morgan fingerprint density at radius 1 is 1.19 bits per heavy atom. The minimum atomic E-state index is -3.61. The molecule has 6 nitrogen and oxygen atoms in total. The normalized spacial score (nSPS) is 14.4. The van der Waals surface area contributed by atoms with Crippen molar-refractivity contribution >= 4 is 44.0 Å². The van der Waals surface area contributed by atoms with Gasteiger partial charge in [-0.2, -0.15) is 4.31 Å². The minimum absolute atomic E-state index is 0.129. The van der Waals surface area contributed by atoms with Crippen molar-refractivity contribution in [2.45, 2.75) is 17.7 Å². The Bertz CT molecular complexity index is 1230. The molecule has 3 aromatic rings. The molecule has 1 fully saturated rings. The lowest BCUT2D eigenvalue weighted by Crippen LogP contribution is -2.31. The first-order valence-corrected chi connectivity index (χ1v) is 12.8. The summed E-state index contributed by atoms with van der Waals surface area (Å²) in [6.07, 6.45) is 3.32. The third-order valence-electron chi connectivity index (χ3n) is 5.20. The van der Waals surface area contributed by atoms with E-state index >= 15 is 0 Å². The first kappa shape index (κ1) is 22.7. The average Bonchev–Trinajstić information content (AvgIpc) is 3.51. The molecule has 0 radical (unpaired) electrons. The van der Waals surface area contributed by atoms with E-state index in [4.69, 9.17) is 11.6 Å². The van der Waals surface area contributed by atoms with Crippen LogP contribution in [0.5, 0.6) is 0 Å². The van der Waals surface area contributed by atoms with E-state index in [0.717, 1.165) is 24.1 Å². The van der Waals surface area contributed by atoms with Gasteiger partial charge in [-0.1, -0.05) is 35.9 Å². The monoisotopic (exact) mass is 487 g/mol. The smallest absolute Gasteiger partial charge is 0.260 e. The van der Waals surface area contributed by atoms with Crippen molar-refractivity contribution in [3.63, 3.8) is 0 Å². The zero-order valence-electron chi connectivity index (χ0n) is 17.3. The molecule has 1 aliphatic heterocycles. The molecule has 1 saturated heterocycles. The van der Waals surface area contributed by atoms with Gasteiger partial charge < -0.3 is 0 Å². The molecule has 0 N–H and O–H groups in total. The van der Waals surface area contributed by atoms with Gasteiger partial charge in [0.15, 0.2) is 5.13 Å². The summed E-state index contributed by atoms with van der Waals surface area (Å²) in [6.45, 7) is 5.02. The van der Waals surface area contributed by atoms with Crippen LogP contribution in [0.3, 0.4) is 0 Å². The molecule has 0 saturated carbocycles. The molecule has 1 amide bonds. The van der Waals surface area contributed by atoms with E-state index in [0.29, 0.717) is 23.2 Å². The van der Waals surface area contributed by atoms with Crippen LogP contribution in [-0.2, 0) is 10.0 Å². The number of nitrogens with zero attached hydrogens (tertiary/aromatic N) is 3. The fourth-order valence-electron chi connectivity index (χ4n) is 3.54. The van der Waals surface area contributed by atoms with Crippen LogP contribution in [0.1, 0.15) is 23.2 Å². The van der Waals surface area contributed by atoms with Crippen molar-refractivity contribution in [1.29, 1.82) is 0 Å². The number of aromatic nitrogens is 1. The van der Waals surface area contributed by atoms with E-state index in [9.17, 15) is 13.2 Å². The molecule has 9 heteroatoms. The lowest BCUT2D eigenvalue weighted by molar-refractivity contribution is 0.0989. The number of anilines is 1. The summed E-state index contributed by atoms with van der Waals surface area (Å²) in [5, 5.41) is 3.01. The van der Waals surface area contributed by atoms with E-state index in [-0.39, 0.29) is 22.9 Å². The van der Waals surface area contributed by atoms with Gasteiger partial charge in [0.2, 0.25) is 10.0 Å². The number of carbonyl (C=O) groups excluding carboxylic acids is 1. The zero-order valence-corrected chi connectivity index (χ0v) is 19.7. The Labute approximate surface area is 196 Å². The summed E-state index contributed by atoms with van der Waals surface area (Å²) < 4.78 is 27.3. The highest BCUT2D eigenvalue weighted by molar-refractivity contribution is 7.89. The highest BCUT2D eigenvalue weighted by Crippen LogP contribution is 2.30. The summed E-state index contributed by atoms with van der Waals surface area (Å²) in [6, 6.07) is 13.5. The molecule has 32 heavy (non-hydrogen) atoms. The molecule has 0 bridgehead atoms. The topological polar surface area (TPSA) is 70.6 Å². The average molecular weight is 488 g/mol. The van der Waals surface area contributed by atoms with Gasteiger partial charge in [-0.3, -0.25) is 9.69 Å². The molecule has 166 valence electrons. The number of halogens is 1. The molecule has 0 unspecified atom stereocenters. The standard InChI is InChI=1S/C23H22ClN3O3S2/c1-2-12-27(23-25-21(16-31-23)17-8-10-19(24)11-9-17)22(28)18-6-5-7-20(15-18)32(29,30)26-13-3-4-14-26/h2,5-11,15-16H,1,3-4,12-14H2. The van der Waals surface area contributed by atoms with Crippen molar-refractivity contribution in [2.75, 3.05) is 24.5 Å². The molecule has 0 aliphatic carbocycles. The van der Waals surface area contributed by atoms with Gasteiger partial charge in [-0.05, 0) is 43.2 Å². The molecule has 1 aromatic heterocycles. The fraction of sp³-hybridized carbons (Fsp3) is 0.217. The lowest BCUT2D eigenvalue weighted by Gasteiger charge is -2.19. The van der Waals surface area contributed by atoms with Crippen LogP contribution in [0.15, 0.2) is 71.5 Å². The number of amides is 1. The maximum atomic E-state index is 13.3. The van der Waals surface area contributed by atoms with E-state index in [1.54, 1.807) is 30.3 Å². The summed E-state index contributed by atoms with van der Waals surface area (Å²) in [7, 11) is -3.61. The van der Waals surface area contributed by atoms with Crippen LogP contribution in [0, 0.1) is 0 Å². The lowest BCUT2D eigenvalue weighted by atomic mass is 10.2. The number of thiazole rings is 1. The second-order valence-electron chi connectivity index (χ2n) is 7.37. The second kappa shape index (κ2) is 9.54. The van der Waals surface area contributed by atoms with Crippen molar-refractivity contribution < 1.29 is 13.2 Å². The quantitative estimate of drug-likeness (QED) is 0.436. The van der Waals surface area contributed by atoms with Gasteiger partial charge in [0.05, 0.1) is 10.6 Å². The fourth-order valence-corrected chi connectivity index (χ4v) is 6.07. The van der Waals surface area contributed by atoms with Crippen molar-refractivity contribution in [3.8, 4) is 11.3 Å². The molecule has 2 heterocycles. The third kappa shape index (κ3) is 4.63. The number of rotatable bonds is 7. The largest absolute Gasteiger partial charge is 0.280 e. The summed E-state index contributed by atoms with van der Waals surface area (Å²) >= 11 is 7.30. The molecule has 0 spiro atoms. The minimum Gasteiger partial charge on any atom is -0.280 e. The molecule has 0 atom stereocenters. The highest BCUT2D eigenvalue weighted by Gasteiger charge is 2.28. The molecule has 2 aromatic carbocycles. The maximum absolute atomic E-state index is 13.3. The predicted octanol–water partition coefficient (Wildman–Crippen LogP) is 5.08. The van der Waals surface area contributed by atoms with Crippen LogP contribution in [0.2, 0.25) is 5.02 Å². The van der Waals surface area contributed by atoms with Crippen LogP contribution in [-0.4, -0.2) is 43.2 Å². The number of benzene rings is 2. The first-order chi connectivity index (χ1) is 15.4. The third-order valence-corrected chi connectivity index (χ3v) is 8.21. The SMILES string of the molecule is C=CCN(C(=O)c1cccc(S(=O)(=O)N2CCCC2)c1)c1nc(-c2ccc(Cl)cc2)cs1. The summed E-state index contributed by atoms with van der Waals surface area (Å²) in [5.41, 5.74) is 1.91. The van der Waals surface area contributed by atoms with E-state index in [1.165, 1.54) is 32.7 Å². The highest BCUT2D eigenvalue weighted by atomic mass is 35.5. The van der Waals surface area contributed by atoms with Gasteiger partial charge >= 0.3 is 0 Å². The van der Waals surface area contributed by atoms with Crippen LogP contribution < -0.4 is 4.90 Å². The summed E-state index contributed by atoms with van der Waals surface area (Å²) in [5.74, 6) is -0.333. The Morgan fingerprint density at radius 3 is 2.59 bits per heavy atom. The number of sulfonamides is 1.